The van der Waals surface area contributed by atoms with E-state index in [1.165, 1.54) is 6.26 Å². The van der Waals surface area contributed by atoms with Gasteiger partial charge in [0.1, 0.15) is 9.84 Å². The maximum absolute atomic E-state index is 11.7. The third kappa shape index (κ3) is 3.67. The topological polar surface area (TPSA) is 54.4 Å². The molecule has 20 heavy (non-hydrogen) atoms. The van der Waals surface area contributed by atoms with Gasteiger partial charge in [-0.25, -0.2) is 8.42 Å². The Labute approximate surface area is 129 Å². The minimum absolute atomic E-state index is 0.0977. The normalized spacial score (nSPS) is 25.4. The minimum atomic E-state index is -3.06. The largest absolute Gasteiger partial charge is 0.388 e. The third-order valence-corrected chi connectivity index (χ3v) is 6.21. The van der Waals surface area contributed by atoms with E-state index in [-0.39, 0.29) is 11.2 Å². The Bertz CT molecular complexity index is 586. The first-order valence-corrected chi connectivity index (χ1v) is 9.32. The van der Waals surface area contributed by atoms with E-state index in [9.17, 15) is 13.5 Å². The van der Waals surface area contributed by atoms with E-state index in [0.29, 0.717) is 28.5 Å². The van der Waals surface area contributed by atoms with Gasteiger partial charge in [0, 0.05) is 21.9 Å². The fourth-order valence-corrected chi connectivity index (χ4v) is 4.45. The van der Waals surface area contributed by atoms with E-state index in [1.807, 2.05) is 0 Å². The van der Waals surface area contributed by atoms with Crippen molar-refractivity contribution in [2.45, 2.75) is 37.0 Å². The number of aliphatic hydroxyl groups is 1. The van der Waals surface area contributed by atoms with Crippen LogP contribution in [-0.2, 0) is 9.84 Å². The van der Waals surface area contributed by atoms with Gasteiger partial charge in [-0.15, -0.1) is 0 Å². The lowest BCUT2D eigenvalue weighted by atomic mass is 9.82. The van der Waals surface area contributed by atoms with E-state index >= 15 is 0 Å². The summed E-state index contributed by atoms with van der Waals surface area (Å²) in [5.41, 5.74) is 0.582. The lowest BCUT2D eigenvalue weighted by Gasteiger charge is -2.31. The second-order valence-corrected chi connectivity index (χ2v) is 8.66. The lowest BCUT2D eigenvalue weighted by Crippen LogP contribution is -2.30. The molecule has 0 spiro atoms. The van der Waals surface area contributed by atoms with Gasteiger partial charge in [0.05, 0.1) is 11.4 Å². The number of hydrogen-bond acceptors (Lipinski definition) is 3. The molecule has 0 saturated heterocycles. The van der Waals surface area contributed by atoms with Gasteiger partial charge in [-0.3, -0.25) is 0 Å². The molecule has 1 aromatic rings. The van der Waals surface area contributed by atoms with Gasteiger partial charge in [-0.1, -0.05) is 29.6 Å². The SMILES string of the molecule is CS(=O)(=O)C1CCCC(C(O)c2cc(Cl)ccc2Cl)C1. The highest BCUT2D eigenvalue weighted by molar-refractivity contribution is 7.91. The molecule has 2 rings (SSSR count). The molecule has 3 unspecified atom stereocenters. The van der Waals surface area contributed by atoms with Crippen LogP contribution in [0.1, 0.15) is 37.4 Å². The lowest BCUT2D eigenvalue weighted by molar-refractivity contribution is 0.0858. The molecular weight excluding hydrogens is 319 g/mol. The number of sulfone groups is 1. The molecule has 1 fully saturated rings. The van der Waals surface area contributed by atoms with Gasteiger partial charge >= 0.3 is 0 Å². The first-order valence-electron chi connectivity index (χ1n) is 6.61. The minimum Gasteiger partial charge on any atom is -0.388 e. The van der Waals surface area contributed by atoms with E-state index in [2.05, 4.69) is 0 Å². The van der Waals surface area contributed by atoms with Gasteiger partial charge in [0.15, 0.2) is 0 Å². The first kappa shape index (κ1) is 16.1. The van der Waals surface area contributed by atoms with Gasteiger partial charge in [-0.2, -0.15) is 0 Å². The highest BCUT2D eigenvalue weighted by Gasteiger charge is 2.33. The zero-order valence-electron chi connectivity index (χ0n) is 11.2. The number of benzene rings is 1. The van der Waals surface area contributed by atoms with Crippen molar-refractivity contribution in [1.29, 1.82) is 0 Å². The number of rotatable bonds is 3. The predicted molar refractivity (Wildman–Crippen MR) is 82.0 cm³/mol. The van der Waals surface area contributed by atoms with Crippen LogP contribution in [0.3, 0.4) is 0 Å². The van der Waals surface area contributed by atoms with Crippen LogP contribution in [0.4, 0.5) is 0 Å². The second-order valence-electron chi connectivity index (χ2n) is 5.49. The van der Waals surface area contributed by atoms with Crippen LogP contribution in [0, 0.1) is 5.92 Å². The summed E-state index contributed by atoms with van der Waals surface area (Å²) in [6.45, 7) is 0. The molecule has 3 atom stereocenters. The number of aliphatic hydroxyl groups excluding tert-OH is 1. The van der Waals surface area contributed by atoms with E-state index in [0.717, 1.165) is 12.8 Å². The smallest absolute Gasteiger partial charge is 0.150 e. The standard InChI is InChI=1S/C14H18Cl2O3S/c1-20(18,19)11-4-2-3-9(7-11)14(17)12-8-10(15)5-6-13(12)16/h5-6,8-9,11,14,17H,2-4,7H2,1H3. The van der Waals surface area contributed by atoms with Crippen molar-refractivity contribution in [3.05, 3.63) is 33.8 Å². The van der Waals surface area contributed by atoms with Crippen LogP contribution in [0.5, 0.6) is 0 Å². The van der Waals surface area contributed by atoms with Crippen LogP contribution in [0.15, 0.2) is 18.2 Å². The van der Waals surface area contributed by atoms with Crippen LogP contribution in [-0.4, -0.2) is 25.0 Å². The third-order valence-electron chi connectivity index (χ3n) is 4.00. The molecule has 1 aliphatic rings. The summed E-state index contributed by atoms with van der Waals surface area (Å²) in [4.78, 5) is 0. The fourth-order valence-electron chi connectivity index (χ4n) is 2.85. The predicted octanol–water partition coefficient (Wildman–Crippen LogP) is 3.63. The van der Waals surface area contributed by atoms with Gasteiger partial charge in [0.2, 0.25) is 0 Å². The molecule has 0 radical (unpaired) electrons. The second kappa shape index (κ2) is 6.22. The van der Waals surface area contributed by atoms with Crippen LogP contribution in [0.2, 0.25) is 10.0 Å². The van der Waals surface area contributed by atoms with Crippen LogP contribution < -0.4 is 0 Å². The Hall–Kier alpha value is -0.290. The van der Waals surface area contributed by atoms with Crippen molar-refractivity contribution in [3.63, 3.8) is 0 Å². The Morgan fingerprint density at radius 3 is 2.65 bits per heavy atom. The van der Waals surface area contributed by atoms with Crippen molar-refractivity contribution in [1.82, 2.24) is 0 Å². The molecule has 1 aliphatic carbocycles. The summed E-state index contributed by atoms with van der Waals surface area (Å²) in [5, 5.41) is 11.1. The average Bonchev–Trinajstić information content (AvgIpc) is 2.40. The number of halogens is 2. The zero-order chi connectivity index (χ0) is 14.9. The Morgan fingerprint density at radius 2 is 2.00 bits per heavy atom. The fraction of sp³-hybridized carbons (Fsp3) is 0.571. The van der Waals surface area contributed by atoms with Crippen LogP contribution >= 0.6 is 23.2 Å². The molecule has 0 aliphatic heterocycles. The van der Waals surface area contributed by atoms with Crippen molar-refractivity contribution in [2.24, 2.45) is 5.92 Å². The van der Waals surface area contributed by atoms with Crippen LogP contribution in [0.25, 0.3) is 0 Å². The molecule has 112 valence electrons. The Morgan fingerprint density at radius 1 is 1.30 bits per heavy atom. The molecule has 3 nitrogen and oxygen atoms in total. The van der Waals surface area contributed by atoms with Gasteiger partial charge in [0.25, 0.3) is 0 Å². The van der Waals surface area contributed by atoms with Gasteiger partial charge < -0.3 is 5.11 Å². The van der Waals surface area contributed by atoms with E-state index in [4.69, 9.17) is 23.2 Å². The van der Waals surface area contributed by atoms with Crippen molar-refractivity contribution < 1.29 is 13.5 Å². The van der Waals surface area contributed by atoms with E-state index in [1.54, 1.807) is 18.2 Å². The Balaban J connectivity index is 2.20. The summed E-state index contributed by atoms with van der Waals surface area (Å²) >= 11 is 12.0. The van der Waals surface area contributed by atoms with Crippen molar-refractivity contribution in [2.75, 3.05) is 6.26 Å². The average molecular weight is 337 g/mol. The summed E-state index contributed by atoms with van der Waals surface area (Å²) in [6.07, 6.45) is 3.24. The summed E-state index contributed by atoms with van der Waals surface area (Å²) in [5.74, 6) is -0.0977. The summed E-state index contributed by atoms with van der Waals surface area (Å²) in [7, 11) is -3.06. The molecule has 0 amide bonds. The molecular formula is C14H18Cl2O3S. The van der Waals surface area contributed by atoms with E-state index < -0.39 is 15.9 Å². The monoisotopic (exact) mass is 336 g/mol. The molecule has 6 heteroatoms. The van der Waals surface area contributed by atoms with Crippen molar-refractivity contribution in [3.8, 4) is 0 Å². The molecule has 1 saturated carbocycles. The maximum Gasteiger partial charge on any atom is 0.150 e. The van der Waals surface area contributed by atoms with Gasteiger partial charge in [-0.05, 0) is 43.4 Å². The molecule has 0 heterocycles. The molecule has 0 bridgehead atoms. The first-order chi connectivity index (χ1) is 9.29. The summed E-state index contributed by atoms with van der Waals surface area (Å²) < 4.78 is 23.4. The Kier molecular flexibility index (Phi) is 5.00. The highest BCUT2D eigenvalue weighted by atomic mass is 35.5. The van der Waals surface area contributed by atoms with Crippen molar-refractivity contribution >= 4 is 33.0 Å². The zero-order valence-corrected chi connectivity index (χ0v) is 13.5. The maximum atomic E-state index is 11.7. The summed E-state index contributed by atoms with van der Waals surface area (Å²) in [6, 6.07) is 4.97. The molecule has 1 N–H and O–H groups in total. The highest BCUT2D eigenvalue weighted by Crippen LogP contribution is 2.39. The molecule has 1 aromatic carbocycles. The molecule has 0 aromatic heterocycles. The number of hydrogen-bond donors (Lipinski definition) is 1. The quantitative estimate of drug-likeness (QED) is 0.916.